The summed E-state index contributed by atoms with van der Waals surface area (Å²) in [5, 5.41) is 20.0. The Bertz CT molecular complexity index is 529. The van der Waals surface area contributed by atoms with Crippen LogP contribution >= 0.6 is 0 Å². The number of anilines is 1. The van der Waals surface area contributed by atoms with Crippen molar-refractivity contribution < 1.29 is 14.4 Å². The van der Waals surface area contributed by atoms with Gasteiger partial charge in [0.15, 0.2) is 6.10 Å². The molecule has 0 aliphatic carbocycles. The Labute approximate surface area is 108 Å². The lowest BCUT2D eigenvalue weighted by molar-refractivity contribution is -0.385. The number of nitro groups is 1. The molecular formula is C10H11N5O4. The minimum absolute atomic E-state index is 0.102. The lowest BCUT2D eigenvalue weighted by Gasteiger charge is -2.30. The van der Waals surface area contributed by atoms with Crippen molar-refractivity contribution >= 4 is 11.5 Å². The summed E-state index contributed by atoms with van der Waals surface area (Å²) in [6, 6.07) is 1.97. The standard InChI is InChI=1S/C10H11N5O4/c1-18-10-8(15(16)17)9(12-6-13-10)14-2-3-19-7(4-11)5-14/h6-7H,2-3,5H2,1H3. The third-order valence-electron chi connectivity index (χ3n) is 2.66. The molecule has 0 aromatic carbocycles. The van der Waals surface area contributed by atoms with E-state index < -0.39 is 11.0 Å². The molecule has 1 saturated heterocycles. The van der Waals surface area contributed by atoms with Crippen LogP contribution in [-0.2, 0) is 4.74 Å². The van der Waals surface area contributed by atoms with Gasteiger partial charge in [-0.1, -0.05) is 0 Å². The van der Waals surface area contributed by atoms with Gasteiger partial charge in [-0.25, -0.2) is 4.98 Å². The first-order valence-corrected chi connectivity index (χ1v) is 5.47. The van der Waals surface area contributed by atoms with Crippen LogP contribution in [0.25, 0.3) is 0 Å². The van der Waals surface area contributed by atoms with E-state index in [0.717, 1.165) is 0 Å². The van der Waals surface area contributed by atoms with Crippen LogP contribution in [0.2, 0.25) is 0 Å². The molecule has 9 heteroatoms. The minimum atomic E-state index is -0.630. The van der Waals surface area contributed by atoms with Gasteiger partial charge in [0.05, 0.1) is 31.3 Å². The summed E-state index contributed by atoms with van der Waals surface area (Å²) in [5.74, 6) is 0.0374. The van der Waals surface area contributed by atoms with E-state index in [2.05, 4.69) is 9.97 Å². The van der Waals surface area contributed by atoms with E-state index in [0.29, 0.717) is 13.2 Å². The molecule has 1 aliphatic rings. The van der Waals surface area contributed by atoms with Crippen LogP contribution < -0.4 is 9.64 Å². The molecule has 0 radical (unpaired) electrons. The summed E-state index contributed by atoms with van der Waals surface area (Å²) in [6.45, 7) is 0.943. The minimum Gasteiger partial charge on any atom is -0.476 e. The van der Waals surface area contributed by atoms with Crippen molar-refractivity contribution in [2.24, 2.45) is 0 Å². The van der Waals surface area contributed by atoms with Crippen molar-refractivity contribution in [1.82, 2.24) is 9.97 Å². The molecule has 0 saturated carbocycles. The second-order valence-electron chi connectivity index (χ2n) is 3.75. The van der Waals surface area contributed by atoms with Gasteiger partial charge in [0.2, 0.25) is 5.82 Å². The predicted octanol–water partition coefficient (Wildman–Crippen LogP) is 0.122. The van der Waals surface area contributed by atoms with Gasteiger partial charge in [0, 0.05) is 6.54 Å². The van der Waals surface area contributed by atoms with Gasteiger partial charge in [-0.05, 0) is 0 Å². The maximum Gasteiger partial charge on any atom is 0.372 e. The smallest absolute Gasteiger partial charge is 0.372 e. The third-order valence-corrected chi connectivity index (χ3v) is 2.66. The molecule has 2 rings (SSSR count). The molecule has 1 aromatic rings. The molecule has 1 fully saturated rings. The Morgan fingerprint density at radius 2 is 2.47 bits per heavy atom. The van der Waals surface area contributed by atoms with Gasteiger partial charge in [-0.3, -0.25) is 10.1 Å². The predicted molar refractivity (Wildman–Crippen MR) is 62.8 cm³/mol. The Kier molecular flexibility index (Phi) is 3.72. The van der Waals surface area contributed by atoms with E-state index in [4.69, 9.17) is 14.7 Å². The number of nitrogens with zero attached hydrogens (tertiary/aromatic N) is 5. The fraction of sp³-hybridized carbons (Fsp3) is 0.500. The van der Waals surface area contributed by atoms with E-state index in [1.54, 1.807) is 4.90 Å². The quantitative estimate of drug-likeness (QED) is 0.559. The van der Waals surface area contributed by atoms with Crippen LogP contribution in [0.3, 0.4) is 0 Å². The SMILES string of the molecule is COc1ncnc(N2CCOC(C#N)C2)c1[N+](=O)[O-]. The molecule has 9 nitrogen and oxygen atoms in total. The van der Waals surface area contributed by atoms with Gasteiger partial charge < -0.3 is 14.4 Å². The highest BCUT2D eigenvalue weighted by atomic mass is 16.6. The first-order chi connectivity index (χ1) is 9.17. The monoisotopic (exact) mass is 265 g/mol. The molecule has 100 valence electrons. The molecule has 1 aromatic heterocycles. The van der Waals surface area contributed by atoms with Crippen LogP contribution in [0.4, 0.5) is 11.5 Å². The number of rotatable bonds is 3. The molecule has 1 atom stereocenters. The Morgan fingerprint density at radius 3 is 3.11 bits per heavy atom. The zero-order valence-electron chi connectivity index (χ0n) is 10.1. The van der Waals surface area contributed by atoms with Crippen molar-refractivity contribution in [3.8, 4) is 11.9 Å². The van der Waals surface area contributed by atoms with E-state index >= 15 is 0 Å². The van der Waals surface area contributed by atoms with E-state index in [1.165, 1.54) is 13.4 Å². The van der Waals surface area contributed by atoms with Crippen LogP contribution in [0, 0.1) is 21.4 Å². The molecule has 1 unspecified atom stereocenters. The van der Waals surface area contributed by atoms with E-state index in [1.807, 2.05) is 6.07 Å². The van der Waals surface area contributed by atoms with Crippen molar-refractivity contribution in [2.45, 2.75) is 6.10 Å². The second kappa shape index (κ2) is 5.45. The summed E-state index contributed by atoms with van der Waals surface area (Å²) >= 11 is 0. The molecule has 1 aliphatic heterocycles. The maximum absolute atomic E-state index is 11.1. The average Bonchev–Trinajstić information content (AvgIpc) is 2.46. The molecule has 2 heterocycles. The first-order valence-electron chi connectivity index (χ1n) is 5.47. The zero-order valence-corrected chi connectivity index (χ0v) is 10.1. The van der Waals surface area contributed by atoms with Crippen LogP contribution in [0.5, 0.6) is 5.88 Å². The highest BCUT2D eigenvalue weighted by Gasteiger charge is 2.31. The average molecular weight is 265 g/mol. The Hall–Kier alpha value is -2.47. The summed E-state index contributed by atoms with van der Waals surface area (Å²) < 4.78 is 10.1. The Morgan fingerprint density at radius 1 is 1.68 bits per heavy atom. The van der Waals surface area contributed by atoms with Gasteiger partial charge in [0.25, 0.3) is 5.88 Å². The van der Waals surface area contributed by atoms with Gasteiger partial charge in [-0.2, -0.15) is 10.2 Å². The van der Waals surface area contributed by atoms with Gasteiger partial charge >= 0.3 is 5.69 Å². The van der Waals surface area contributed by atoms with Crippen molar-refractivity contribution in [1.29, 1.82) is 5.26 Å². The van der Waals surface area contributed by atoms with Crippen LogP contribution in [0.1, 0.15) is 0 Å². The highest BCUT2D eigenvalue weighted by Crippen LogP contribution is 2.33. The number of methoxy groups -OCH3 is 1. The number of nitriles is 1. The lowest BCUT2D eigenvalue weighted by atomic mass is 10.3. The molecule has 0 amide bonds. The summed E-state index contributed by atoms with van der Waals surface area (Å²) in [7, 11) is 1.30. The largest absolute Gasteiger partial charge is 0.476 e. The lowest BCUT2D eigenvalue weighted by Crippen LogP contribution is -2.42. The third kappa shape index (κ3) is 2.53. The summed E-state index contributed by atoms with van der Waals surface area (Å²) in [5.41, 5.74) is -0.302. The number of ether oxygens (including phenoxy) is 2. The first kappa shape index (κ1) is 13.0. The topological polar surface area (TPSA) is 114 Å². The van der Waals surface area contributed by atoms with E-state index in [9.17, 15) is 10.1 Å². The number of hydrogen-bond donors (Lipinski definition) is 0. The number of hydrogen-bond acceptors (Lipinski definition) is 8. The van der Waals surface area contributed by atoms with E-state index in [-0.39, 0.29) is 23.9 Å². The summed E-state index contributed by atoms with van der Waals surface area (Å²) in [6.07, 6.45) is 0.562. The molecule has 19 heavy (non-hydrogen) atoms. The molecule has 0 N–H and O–H groups in total. The zero-order chi connectivity index (χ0) is 13.8. The van der Waals surface area contributed by atoms with Crippen molar-refractivity contribution in [3.05, 3.63) is 16.4 Å². The molecule has 0 spiro atoms. The second-order valence-corrected chi connectivity index (χ2v) is 3.75. The van der Waals surface area contributed by atoms with Crippen LogP contribution in [0.15, 0.2) is 6.33 Å². The van der Waals surface area contributed by atoms with Crippen molar-refractivity contribution in [2.75, 3.05) is 31.7 Å². The molecule has 0 bridgehead atoms. The fourth-order valence-electron chi connectivity index (χ4n) is 1.81. The maximum atomic E-state index is 11.1. The molecular weight excluding hydrogens is 254 g/mol. The van der Waals surface area contributed by atoms with Gasteiger partial charge in [0.1, 0.15) is 6.33 Å². The number of aromatic nitrogens is 2. The fourth-order valence-corrected chi connectivity index (χ4v) is 1.81. The highest BCUT2D eigenvalue weighted by molar-refractivity contribution is 5.63. The van der Waals surface area contributed by atoms with Crippen LogP contribution in [-0.4, -0.2) is 47.8 Å². The summed E-state index contributed by atoms with van der Waals surface area (Å²) in [4.78, 5) is 19.8. The normalized spacial score (nSPS) is 18.7. The number of morpholine rings is 1. The van der Waals surface area contributed by atoms with Crippen molar-refractivity contribution in [3.63, 3.8) is 0 Å². The Balaban J connectivity index is 2.39. The van der Waals surface area contributed by atoms with Gasteiger partial charge in [-0.15, -0.1) is 0 Å².